The lowest BCUT2D eigenvalue weighted by Gasteiger charge is -2.26. The second-order valence-electron chi connectivity index (χ2n) is 10.2. The fourth-order valence-electron chi connectivity index (χ4n) is 5.05. The average Bonchev–Trinajstić information content (AvgIpc) is 3.76. The number of ether oxygens (including phenoxy) is 1. The summed E-state index contributed by atoms with van der Waals surface area (Å²) < 4.78 is 13.1. The van der Waals surface area contributed by atoms with Crippen LogP contribution in [0.5, 0.6) is 0 Å². The Kier molecular flexibility index (Phi) is 8.13. The number of morpholine rings is 1. The predicted molar refractivity (Wildman–Crippen MR) is 163 cm³/mol. The molecule has 5 aromatic rings. The molecule has 4 heterocycles. The first-order chi connectivity index (χ1) is 20.5. The lowest BCUT2D eigenvalue weighted by atomic mass is 10.2. The van der Waals surface area contributed by atoms with Gasteiger partial charge in [0.15, 0.2) is 11.7 Å². The Bertz CT molecular complexity index is 1700. The molecule has 0 aliphatic carbocycles. The van der Waals surface area contributed by atoms with Gasteiger partial charge in [0.25, 0.3) is 11.8 Å². The summed E-state index contributed by atoms with van der Waals surface area (Å²) in [6.45, 7) is 6.74. The van der Waals surface area contributed by atoms with Gasteiger partial charge in [0.2, 0.25) is 5.95 Å². The highest BCUT2D eigenvalue weighted by molar-refractivity contribution is 7.17. The van der Waals surface area contributed by atoms with Crippen LogP contribution in [0.2, 0.25) is 0 Å². The molecule has 0 atom stereocenters. The quantitative estimate of drug-likeness (QED) is 0.250. The van der Waals surface area contributed by atoms with Crippen LogP contribution >= 0.6 is 11.3 Å². The molecule has 0 saturated carbocycles. The van der Waals surface area contributed by atoms with Gasteiger partial charge in [-0.1, -0.05) is 18.2 Å². The first kappa shape index (κ1) is 27.8. The normalized spacial score (nSPS) is 13.9. The maximum atomic E-state index is 13.4. The topological polar surface area (TPSA) is 106 Å². The number of thiophene rings is 1. The number of hydrogen-bond acceptors (Lipinski definition) is 8. The minimum Gasteiger partial charge on any atom is -0.440 e. The van der Waals surface area contributed by atoms with Gasteiger partial charge in [-0.05, 0) is 48.9 Å². The Morgan fingerprint density at radius 3 is 2.62 bits per heavy atom. The van der Waals surface area contributed by atoms with Crippen LogP contribution in [0.15, 0.2) is 71.3 Å². The van der Waals surface area contributed by atoms with Crippen LogP contribution in [-0.2, 0) is 11.3 Å². The van der Waals surface area contributed by atoms with Crippen LogP contribution in [-0.4, -0.2) is 71.1 Å². The van der Waals surface area contributed by atoms with E-state index < -0.39 is 0 Å². The minimum atomic E-state index is -0.246. The molecule has 1 aliphatic heterocycles. The Morgan fingerprint density at radius 2 is 1.86 bits per heavy atom. The average molecular weight is 585 g/mol. The predicted octanol–water partition coefficient (Wildman–Crippen LogP) is 5.31. The van der Waals surface area contributed by atoms with Crippen molar-refractivity contribution < 1.29 is 18.7 Å². The van der Waals surface area contributed by atoms with Crippen LogP contribution in [0.25, 0.3) is 21.7 Å². The van der Waals surface area contributed by atoms with Crippen LogP contribution < -0.4 is 10.2 Å². The summed E-state index contributed by atoms with van der Waals surface area (Å²) in [5.74, 6) is 1.32. The van der Waals surface area contributed by atoms with Gasteiger partial charge < -0.3 is 18.6 Å². The summed E-state index contributed by atoms with van der Waals surface area (Å²) in [5, 5.41) is 3.03. The zero-order chi connectivity index (χ0) is 29.1. The fraction of sp³-hybridized carbons (Fsp3) is 0.290. The van der Waals surface area contributed by atoms with E-state index >= 15 is 0 Å². The van der Waals surface area contributed by atoms with Gasteiger partial charge in [-0.15, -0.1) is 11.3 Å². The third-order valence-corrected chi connectivity index (χ3v) is 8.42. The van der Waals surface area contributed by atoms with Crippen LogP contribution in [0.1, 0.15) is 32.3 Å². The van der Waals surface area contributed by atoms with Gasteiger partial charge in [-0.3, -0.25) is 19.8 Å². The number of fused-ring (bicyclic) bond motifs is 1. The third-order valence-electron chi connectivity index (χ3n) is 7.32. The van der Waals surface area contributed by atoms with Crippen molar-refractivity contribution in [1.29, 1.82) is 0 Å². The number of nitrogens with one attached hydrogen (secondary N) is 1. The van der Waals surface area contributed by atoms with Crippen molar-refractivity contribution in [1.82, 2.24) is 19.4 Å². The minimum absolute atomic E-state index is 0.108. The van der Waals surface area contributed by atoms with Crippen LogP contribution in [0, 0.1) is 6.92 Å². The highest BCUT2D eigenvalue weighted by atomic mass is 32.1. The van der Waals surface area contributed by atoms with Crippen molar-refractivity contribution in [2.45, 2.75) is 19.9 Å². The van der Waals surface area contributed by atoms with Crippen molar-refractivity contribution >= 4 is 45.8 Å². The van der Waals surface area contributed by atoms with E-state index in [2.05, 4.69) is 15.2 Å². The van der Waals surface area contributed by atoms with Gasteiger partial charge in [0.1, 0.15) is 0 Å². The highest BCUT2D eigenvalue weighted by Crippen LogP contribution is 2.30. The molecule has 1 aliphatic rings. The number of oxazole rings is 1. The smallest absolute Gasteiger partial charge is 0.268 e. The number of aromatic nitrogens is 3. The zero-order valence-corrected chi connectivity index (χ0v) is 24.4. The summed E-state index contributed by atoms with van der Waals surface area (Å²) in [6, 6.07) is 18.6. The highest BCUT2D eigenvalue weighted by Gasteiger charge is 2.20. The number of carbonyl (C=O) groups is 2. The molecule has 2 aromatic carbocycles. The van der Waals surface area contributed by atoms with Gasteiger partial charge >= 0.3 is 0 Å². The first-order valence-electron chi connectivity index (χ1n) is 13.9. The molecular weight excluding hydrogens is 552 g/mol. The molecule has 1 saturated heterocycles. The molecule has 1 N–H and O–H groups in total. The number of hydrogen-bond donors (Lipinski definition) is 1. The number of anilines is 2. The molecule has 0 spiro atoms. The van der Waals surface area contributed by atoms with E-state index in [-0.39, 0.29) is 11.8 Å². The maximum Gasteiger partial charge on any atom is 0.268 e. The summed E-state index contributed by atoms with van der Waals surface area (Å²) in [5.41, 5.74) is 2.92. The SMILES string of the molecule is Cc1ncc(-c2ccc(C(=O)Nc3nc4cc(N(C)C(=O)c5ccccc5)ccc4n3CCCN3CCOCC3)s2)o1. The number of imidazole rings is 1. The third kappa shape index (κ3) is 5.98. The molecule has 42 heavy (non-hydrogen) atoms. The van der Waals surface area contributed by atoms with Gasteiger partial charge in [-0.25, -0.2) is 9.97 Å². The molecule has 3 aromatic heterocycles. The van der Waals surface area contributed by atoms with Crippen molar-refractivity contribution in [3.63, 3.8) is 0 Å². The number of amides is 2. The number of rotatable bonds is 9. The Morgan fingerprint density at radius 1 is 1.05 bits per heavy atom. The van der Waals surface area contributed by atoms with Crippen LogP contribution in [0.4, 0.5) is 11.6 Å². The molecule has 1 fully saturated rings. The van der Waals surface area contributed by atoms with Gasteiger partial charge in [0, 0.05) is 51.4 Å². The number of benzene rings is 2. The fourth-order valence-corrected chi connectivity index (χ4v) is 5.90. The lowest BCUT2D eigenvalue weighted by molar-refractivity contribution is 0.0370. The van der Waals surface area contributed by atoms with E-state index in [0.29, 0.717) is 40.1 Å². The largest absolute Gasteiger partial charge is 0.440 e. The Hall–Kier alpha value is -4.32. The molecule has 11 heteroatoms. The van der Waals surface area contributed by atoms with E-state index in [0.717, 1.165) is 55.4 Å². The van der Waals surface area contributed by atoms with E-state index in [1.165, 1.54) is 11.3 Å². The van der Waals surface area contributed by atoms with Crippen molar-refractivity contribution in [2.24, 2.45) is 0 Å². The molecule has 2 amide bonds. The Labute approximate surface area is 247 Å². The standard InChI is InChI=1S/C31H32N6O4S/c1-21-32-20-26(41-21)27-11-12-28(42-27)29(38)34-31-33-24-19-23(35(2)30(39)22-7-4-3-5-8-22)9-10-25(24)37(31)14-6-13-36-15-17-40-18-16-36/h3-5,7-12,19-20H,6,13-18H2,1-2H3,(H,33,34,38). The molecule has 10 nitrogen and oxygen atoms in total. The first-order valence-corrected chi connectivity index (χ1v) is 14.8. The zero-order valence-electron chi connectivity index (χ0n) is 23.6. The summed E-state index contributed by atoms with van der Waals surface area (Å²) >= 11 is 1.34. The van der Waals surface area contributed by atoms with Crippen LogP contribution in [0.3, 0.4) is 0 Å². The number of carbonyl (C=O) groups excluding carboxylic acids is 2. The maximum absolute atomic E-state index is 13.4. The molecule has 0 unspecified atom stereocenters. The van der Waals surface area contributed by atoms with Gasteiger partial charge in [-0.2, -0.15) is 0 Å². The van der Waals surface area contributed by atoms with E-state index in [4.69, 9.17) is 14.1 Å². The van der Waals surface area contributed by atoms with E-state index in [9.17, 15) is 9.59 Å². The van der Waals surface area contributed by atoms with E-state index in [1.807, 2.05) is 47.0 Å². The second kappa shape index (κ2) is 12.3. The van der Waals surface area contributed by atoms with Crippen molar-refractivity contribution in [3.05, 3.63) is 83.2 Å². The van der Waals surface area contributed by atoms with E-state index in [1.54, 1.807) is 43.3 Å². The second-order valence-corrected chi connectivity index (χ2v) is 11.2. The summed E-state index contributed by atoms with van der Waals surface area (Å²) in [6.07, 6.45) is 2.55. The molecular formula is C31H32N6O4S. The van der Waals surface area contributed by atoms with Crippen molar-refractivity contribution in [3.8, 4) is 10.6 Å². The Balaban J connectivity index is 1.26. The van der Waals surface area contributed by atoms with Gasteiger partial charge in [0.05, 0.1) is 40.2 Å². The monoisotopic (exact) mass is 584 g/mol. The molecule has 6 rings (SSSR count). The molecule has 0 bridgehead atoms. The number of nitrogens with zero attached hydrogens (tertiary/aromatic N) is 5. The lowest BCUT2D eigenvalue weighted by Crippen LogP contribution is -2.37. The number of aryl methyl sites for hydroxylation is 2. The molecule has 216 valence electrons. The molecule has 0 radical (unpaired) electrons. The summed E-state index contributed by atoms with van der Waals surface area (Å²) in [7, 11) is 1.75. The van der Waals surface area contributed by atoms with Crippen molar-refractivity contribution in [2.75, 3.05) is 50.1 Å². The summed E-state index contributed by atoms with van der Waals surface area (Å²) in [4.78, 5) is 40.8.